The topological polar surface area (TPSA) is 112 Å². The average molecular weight is 665 g/mol. The van der Waals surface area contributed by atoms with Gasteiger partial charge in [-0.15, -0.1) is 16.4 Å². The van der Waals surface area contributed by atoms with E-state index in [9.17, 15) is 15.0 Å². The van der Waals surface area contributed by atoms with Gasteiger partial charge in [0.05, 0.1) is 16.6 Å². The molecular weight excluding hydrogens is 625 g/mol. The number of Topliss-reactive ketones (excluding diaryl/α,β-unsaturated/α-hetero) is 1. The number of hydrogen-bond acceptors (Lipinski definition) is 8. The molecule has 1 aromatic carbocycles. The Hall–Kier alpha value is -3.11. The largest absolute Gasteiger partial charge is 0.393 e. The molecule has 0 radical (unpaired) electrons. The number of benzene rings is 1. The van der Waals surface area contributed by atoms with E-state index in [0.717, 1.165) is 58.2 Å². The van der Waals surface area contributed by atoms with E-state index in [1.54, 1.807) is 23.7 Å². The van der Waals surface area contributed by atoms with E-state index >= 15 is 0 Å². The first-order valence-electron chi connectivity index (χ1n) is 16.9. The van der Waals surface area contributed by atoms with Gasteiger partial charge >= 0.3 is 0 Å². The fourth-order valence-corrected chi connectivity index (χ4v) is 13.1. The van der Waals surface area contributed by atoms with Gasteiger partial charge in [-0.25, -0.2) is 4.98 Å². The molecule has 3 aromatic heterocycles. The molecule has 6 aliphatic rings. The molecule has 2 bridgehead atoms. The number of carbonyl (C=O) groups excluding carboxylic acids is 1. The smallest absolute Gasteiger partial charge is 0.208 e. The van der Waals surface area contributed by atoms with E-state index in [2.05, 4.69) is 65.5 Å². The first-order chi connectivity index (χ1) is 22.6. The number of pyridine rings is 1. The van der Waals surface area contributed by atoms with Crippen LogP contribution in [0.1, 0.15) is 68.5 Å². The molecule has 9 heteroatoms. The van der Waals surface area contributed by atoms with Gasteiger partial charge in [-0.3, -0.25) is 14.9 Å². The molecule has 10 rings (SSSR count). The Balaban J connectivity index is 1.10. The summed E-state index contributed by atoms with van der Waals surface area (Å²) >= 11 is 3.09. The highest BCUT2D eigenvalue weighted by Crippen LogP contribution is 2.78. The number of nitrogens with zero attached hydrogens (tertiary/aromatic N) is 3. The summed E-state index contributed by atoms with van der Waals surface area (Å²) in [7, 11) is 0. The van der Waals surface area contributed by atoms with Crippen molar-refractivity contribution in [3.05, 3.63) is 83.5 Å². The van der Waals surface area contributed by atoms with Crippen LogP contribution in [0.2, 0.25) is 0 Å². The molecular formula is C38H40N4O3S2. The number of fused-ring (bicyclic) bond motifs is 2. The van der Waals surface area contributed by atoms with Crippen LogP contribution < -0.4 is 0 Å². The predicted molar refractivity (Wildman–Crippen MR) is 185 cm³/mol. The lowest BCUT2D eigenvalue weighted by molar-refractivity contribution is -0.166. The Labute approximate surface area is 283 Å². The monoisotopic (exact) mass is 664 g/mol. The van der Waals surface area contributed by atoms with Crippen LogP contribution in [-0.4, -0.2) is 53.6 Å². The maximum Gasteiger partial charge on any atom is 0.208 e. The van der Waals surface area contributed by atoms with Crippen LogP contribution in [-0.2, 0) is 0 Å². The predicted octanol–water partition coefficient (Wildman–Crippen LogP) is 7.65. The van der Waals surface area contributed by atoms with Crippen LogP contribution in [0.5, 0.6) is 0 Å². The minimum absolute atomic E-state index is 0.0516. The lowest BCUT2D eigenvalue weighted by Gasteiger charge is -2.71. The van der Waals surface area contributed by atoms with Gasteiger partial charge in [-0.05, 0) is 91.8 Å². The maximum atomic E-state index is 14.9. The van der Waals surface area contributed by atoms with Crippen molar-refractivity contribution >= 4 is 39.0 Å². The van der Waals surface area contributed by atoms with Crippen molar-refractivity contribution in [2.45, 2.75) is 75.7 Å². The Morgan fingerprint density at radius 1 is 1.02 bits per heavy atom. The molecule has 6 aliphatic carbocycles. The number of thioether (sulfide) groups is 1. The number of aliphatic hydroxyl groups is 2. The molecule has 4 aromatic rings. The van der Waals surface area contributed by atoms with Gasteiger partial charge in [0.25, 0.3) is 0 Å². The first-order valence-corrected chi connectivity index (χ1v) is 18.7. The van der Waals surface area contributed by atoms with Crippen LogP contribution in [0.4, 0.5) is 0 Å². The molecule has 242 valence electrons. The van der Waals surface area contributed by atoms with Gasteiger partial charge in [0.2, 0.25) is 5.16 Å². The highest BCUT2D eigenvalue weighted by molar-refractivity contribution is 7.99. The van der Waals surface area contributed by atoms with Gasteiger partial charge in [0.15, 0.2) is 11.6 Å². The number of ketones is 1. The summed E-state index contributed by atoms with van der Waals surface area (Å²) in [4.78, 5) is 24.5. The zero-order chi connectivity index (χ0) is 32.2. The summed E-state index contributed by atoms with van der Waals surface area (Å²) in [6.07, 6.45) is 16.0. The lowest BCUT2D eigenvalue weighted by atomic mass is 9.33. The van der Waals surface area contributed by atoms with Crippen molar-refractivity contribution in [2.75, 3.05) is 5.75 Å². The molecule has 3 heterocycles. The Morgan fingerprint density at radius 3 is 2.62 bits per heavy atom. The first kappa shape index (κ1) is 30.0. The van der Waals surface area contributed by atoms with Gasteiger partial charge in [-0.1, -0.05) is 62.0 Å². The molecule has 2 spiro atoms. The van der Waals surface area contributed by atoms with Gasteiger partial charge in [-0.2, -0.15) is 0 Å². The van der Waals surface area contributed by atoms with E-state index < -0.39 is 16.4 Å². The Kier molecular flexibility index (Phi) is 6.51. The summed E-state index contributed by atoms with van der Waals surface area (Å²) in [5.41, 5.74) is -0.354. The van der Waals surface area contributed by atoms with Crippen molar-refractivity contribution in [1.29, 1.82) is 0 Å². The summed E-state index contributed by atoms with van der Waals surface area (Å²) in [6.45, 7) is 4.72. The van der Waals surface area contributed by atoms with E-state index in [0.29, 0.717) is 29.6 Å². The third kappa shape index (κ3) is 4.00. The fraction of sp³-hybridized carbons (Fsp3) is 0.474. The van der Waals surface area contributed by atoms with E-state index in [1.165, 1.54) is 11.8 Å². The van der Waals surface area contributed by atoms with Gasteiger partial charge < -0.3 is 10.2 Å². The number of carbonyl (C=O) groups is 1. The molecule has 1 unspecified atom stereocenters. The molecule has 3 saturated carbocycles. The Morgan fingerprint density at radius 2 is 1.79 bits per heavy atom. The second-order valence-electron chi connectivity index (χ2n) is 15.3. The standard InChI is InChI=1S/C38H40N4O3S2/c1-34-12-7-25(43)20-36(34)15-16-38(26(21-36)31(44)28-19-24-5-3-4-6-27(24)47-28)29(34)8-13-35(2)30(38)9-14-37(35,45)22-46-33-40-32(41-42-33)23-10-17-39-18-11-23/h3-6,10-11,15-19,21,25,29-30,43,45H,7-9,12-14,20,22H2,1-2H3,(H,40,41,42)/t25?,29-,30-,34-,35+,36+,37-,38-/m1/s1. The fourth-order valence-electron chi connectivity index (χ4n) is 10.9. The highest BCUT2D eigenvalue weighted by Gasteiger charge is 2.74. The normalized spacial score (nSPS) is 38.6. The zero-order valence-electron chi connectivity index (χ0n) is 26.8. The van der Waals surface area contributed by atoms with Crippen molar-refractivity contribution < 1.29 is 15.0 Å². The number of H-pyrrole nitrogens is 1. The number of thiophene rings is 1. The number of rotatable bonds is 6. The summed E-state index contributed by atoms with van der Waals surface area (Å²) in [5.74, 6) is 1.70. The number of hydrogen-bond donors (Lipinski definition) is 3. The molecule has 7 nitrogen and oxygen atoms in total. The molecule has 3 fully saturated rings. The van der Waals surface area contributed by atoms with Crippen molar-refractivity contribution in [1.82, 2.24) is 20.2 Å². The number of allylic oxidation sites excluding steroid dienone is 4. The summed E-state index contributed by atoms with van der Waals surface area (Å²) < 4.78 is 1.12. The second kappa shape index (κ2) is 10.2. The number of aliphatic hydroxyl groups excluding tert-OH is 1. The second-order valence-corrected chi connectivity index (χ2v) is 17.3. The molecule has 47 heavy (non-hydrogen) atoms. The zero-order valence-corrected chi connectivity index (χ0v) is 28.4. The van der Waals surface area contributed by atoms with Crippen molar-refractivity contribution in [2.24, 2.45) is 33.5 Å². The Bertz CT molecular complexity index is 1940. The number of nitrogens with one attached hydrogen (secondary N) is 1. The maximum absolute atomic E-state index is 14.9. The molecule has 3 N–H and O–H groups in total. The van der Waals surface area contributed by atoms with Gasteiger partial charge in [0, 0.05) is 50.2 Å². The van der Waals surface area contributed by atoms with Crippen LogP contribution in [0.15, 0.2) is 83.8 Å². The van der Waals surface area contributed by atoms with E-state index in [-0.39, 0.29) is 34.6 Å². The van der Waals surface area contributed by atoms with Crippen LogP contribution >= 0.6 is 23.1 Å². The molecule has 0 aliphatic heterocycles. The number of aromatic amines is 1. The average Bonchev–Trinajstić information content (AvgIpc) is 3.80. The van der Waals surface area contributed by atoms with Crippen molar-refractivity contribution in [3.8, 4) is 11.4 Å². The van der Waals surface area contributed by atoms with Crippen LogP contribution in [0.3, 0.4) is 0 Å². The van der Waals surface area contributed by atoms with Crippen molar-refractivity contribution in [3.63, 3.8) is 0 Å². The minimum atomic E-state index is -0.936. The highest BCUT2D eigenvalue weighted by atomic mass is 32.2. The lowest BCUT2D eigenvalue weighted by Crippen LogP contribution is -2.67. The molecule has 0 amide bonds. The van der Waals surface area contributed by atoms with E-state index in [4.69, 9.17) is 4.98 Å². The third-order valence-electron chi connectivity index (χ3n) is 13.5. The SMILES string of the molecule is C[C@]12CC[C@H]3[C@]4(C=C[C@@]5(C=C4C(=O)c4cc6ccccc6s4)CC(O)CC[C@]35C)[C@@H]1CC[C@@]2(O)CSc1n[nH]c(-c2ccncc2)n1. The number of aromatic nitrogens is 4. The summed E-state index contributed by atoms with van der Waals surface area (Å²) in [6, 6.07) is 14.1. The van der Waals surface area contributed by atoms with Gasteiger partial charge in [0.1, 0.15) is 0 Å². The minimum Gasteiger partial charge on any atom is -0.393 e. The third-order valence-corrected chi connectivity index (χ3v) is 15.6. The quantitative estimate of drug-likeness (QED) is 0.110. The molecule has 0 saturated heterocycles. The van der Waals surface area contributed by atoms with E-state index in [1.807, 2.05) is 24.3 Å². The van der Waals surface area contributed by atoms with Crippen LogP contribution in [0, 0.1) is 33.5 Å². The summed E-state index contributed by atoms with van der Waals surface area (Å²) in [5, 5.41) is 32.9. The van der Waals surface area contributed by atoms with Crippen LogP contribution in [0.25, 0.3) is 21.5 Å². The molecule has 8 atom stereocenters.